The summed E-state index contributed by atoms with van der Waals surface area (Å²) < 4.78 is 18.1. The van der Waals surface area contributed by atoms with E-state index in [4.69, 9.17) is 0 Å². The summed E-state index contributed by atoms with van der Waals surface area (Å²) in [5.74, 6) is -0.139. The van der Waals surface area contributed by atoms with Crippen molar-refractivity contribution in [1.29, 1.82) is 0 Å². The summed E-state index contributed by atoms with van der Waals surface area (Å²) in [7, 11) is 3.24. The second kappa shape index (κ2) is 44.6. The Labute approximate surface area is 172 Å². The van der Waals surface area contributed by atoms with Crippen LogP contribution < -0.4 is 0 Å². The lowest BCUT2D eigenvalue weighted by Gasteiger charge is -1.97. The Kier molecular flexibility index (Phi) is 64.9. The van der Waals surface area contributed by atoms with Gasteiger partial charge in [-0.1, -0.05) is 13.8 Å². The van der Waals surface area contributed by atoms with Gasteiger partial charge in [-0.2, -0.15) is 0 Å². The van der Waals surface area contributed by atoms with Crippen LogP contribution in [0.4, 0.5) is 0 Å². The molecule has 28 heavy (non-hydrogen) atoms. The van der Waals surface area contributed by atoms with Crippen molar-refractivity contribution >= 4 is 23.5 Å². The average molecular weight is 413 g/mol. The quantitative estimate of drug-likeness (QED) is 0.498. The monoisotopic (exact) mass is 412 g/mol. The van der Waals surface area contributed by atoms with Crippen molar-refractivity contribution in [2.45, 2.75) is 69.2 Å². The highest BCUT2D eigenvalue weighted by Crippen LogP contribution is 1.74. The van der Waals surface area contributed by atoms with Gasteiger partial charge in [-0.15, -0.1) is 0 Å². The number of ketones is 2. The highest BCUT2D eigenvalue weighted by Gasteiger charge is 1.88. The Morgan fingerprint density at radius 3 is 0.964 bits per heavy atom. The van der Waals surface area contributed by atoms with E-state index in [9.17, 15) is 19.2 Å². The van der Waals surface area contributed by atoms with Gasteiger partial charge in [0.2, 0.25) is 0 Å². The van der Waals surface area contributed by atoms with Crippen LogP contribution in [-0.2, 0) is 38.1 Å². The fourth-order valence-electron chi connectivity index (χ4n) is 0.472. The zero-order valence-electron chi connectivity index (χ0n) is 20.1. The van der Waals surface area contributed by atoms with Crippen molar-refractivity contribution in [3.05, 3.63) is 0 Å². The van der Waals surface area contributed by atoms with Crippen molar-refractivity contribution in [1.82, 2.24) is 0 Å². The molecular formula is C20H44O8. The van der Waals surface area contributed by atoms with Gasteiger partial charge in [0, 0.05) is 34.7 Å². The fraction of sp³-hybridized carbons (Fsp3) is 0.800. The van der Waals surface area contributed by atoms with Crippen molar-refractivity contribution in [3.63, 3.8) is 0 Å². The summed E-state index contributed by atoms with van der Waals surface area (Å²) >= 11 is 0. The topological polar surface area (TPSA) is 105 Å². The van der Waals surface area contributed by atoms with Crippen molar-refractivity contribution in [3.8, 4) is 0 Å². The van der Waals surface area contributed by atoms with Crippen LogP contribution >= 0.6 is 0 Å². The van der Waals surface area contributed by atoms with Crippen LogP contribution in [0.3, 0.4) is 0 Å². The molecule has 0 N–H and O–H groups in total. The van der Waals surface area contributed by atoms with Gasteiger partial charge in [0.25, 0.3) is 0 Å². The van der Waals surface area contributed by atoms with E-state index in [0.29, 0.717) is 19.8 Å². The molecule has 0 aromatic heterocycles. The summed E-state index contributed by atoms with van der Waals surface area (Å²) in [6.07, 6.45) is 0. The Morgan fingerprint density at radius 2 is 0.857 bits per heavy atom. The molecule has 0 fully saturated rings. The van der Waals surface area contributed by atoms with Crippen LogP contribution in [0.25, 0.3) is 0 Å². The summed E-state index contributed by atoms with van der Waals surface area (Å²) in [4.78, 5) is 38.8. The van der Waals surface area contributed by atoms with Crippen molar-refractivity contribution in [2.75, 3.05) is 40.6 Å². The molecule has 0 aliphatic heterocycles. The van der Waals surface area contributed by atoms with Crippen LogP contribution in [0.2, 0.25) is 0 Å². The molecule has 0 atom stereocenters. The van der Waals surface area contributed by atoms with E-state index in [0.717, 1.165) is 6.61 Å². The molecular weight excluding hydrogens is 368 g/mol. The molecule has 8 nitrogen and oxygen atoms in total. The first-order valence-electron chi connectivity index (χ1n) is 9.11. The van der Waals surface area contributed by atoms with Gasteiger partial charge in [0.05, 0.1) is 13.2 Å². The number of ether oxygens (including phenoxy) is 4. The third kappa shape index (κ3) is 251. The number of carbonyl (C=O) groups is 4. The van der Waals surface area contributed by atoms with E-state index in [2.05, 4.69) is 18.9 Å². The Morgan fingerprint density at radius 1 is 0.571 bits per heavy atom. The second-order valence-corrected chi connectivity index (χ2v) is 4.65. The largest absolute Gasteiger partial charge is 0.466 e. The number of methoxy groups -OCH3 is 2. The number of carbonyl (C=O) groups excluding carboxylic acids is 4. The lowest BCUT2D eigenvalue weighted by Crippen LogP contribution is -2.05. The molecule has 0 aliphatic carbocycles. The maximum Gasteiger partial charge on any atom is 0.302 e. The maximum atomic E-state index is 10.0. The Balaban J connectivity index is -0.0000000545. The number of hydrogen-bond acceptors (Lipinski definition) is 8. The first-order valence-corrected chi connectivity index (χ1v) is 9.11. The molecule has 8 heteroatoms. The first-order chi connectivity index (χ1) is 12.9. The molecule has 0 saturated carbocycles. The second-order valence-electron chi connectivity index (χ2n) is 4.65. The van der Waals surface area contributed by atoms with Gasteiger partial charge >= 0.3 is 11.9 Å². The van der Waals surface area contributed by atoms with Crippen LogP contribution in [-0.4, -0.2) is 64.2 Å². The molecule has 0 amide bonds. The lowest BCUT2D eigenvalue weighted by atomic mass is 10.6. The highest BCUT2D eigenvalue weighted by molar-refractivity contribution is 5.72. The summed E-state index contributed by atoms with van der Waals surface area (Å²) in [5.41, 5.74) is 0. The van der Waals surface area contributed by atoms with Crippen LogP contribution in [0.15, 0.2) is 0 Å². The van der Waals surface area contributed by atoms with Crippen LogP contribution in [0.5, 0.6) is 0 Å². The molecule has 0 heterocycles. The van der Waals surface area contributed by atoms with Crippen LogP contribution in [0, 0.1) is 0 Å². The van der Waals surface area contributed by atoms with E-state index >= 15 is 0 Å². The zero-order chi connectivity index (χ0) is 24.0. The minimum absolute atomic E-state index is 0.167. The SMILES string of the molecule is CC.CC(C)=O.CC(C)=O.CCOC.CCOC(C)=O.COCCOC(C)=O. The first kappa shape index (κ1) is 40.8. The molecule has 0 rings (SSSR count). The predicted molar refractivity (Wildman–Crippen MR) is 112 cm³/mol. The maximum absolute atomic E-state index is 10.0. The van der Waals surface area contributed by atoms with Crippen molar-refractivity contribution in [2.24, 2.45) is 0 Å². The molecule has 0 saturated heterocycles. The standard InChI is InChI=1S/C5H10O3.C4H8O2.C3H8O.2C3H6O.C2H6/c1-5(6)8-4-3-7-2;1-3-6-4(2)5;1-3-4-2;2*1-3(2)4;1-2/h3-4H2,1-2H3;3H2,1-2H3;3H2,1-2H3;2*1-2H3;1-2H3. The average Bonchev–Trinajstić information content (AvgIpc) is 2.56. The third-order valence-electron chi connectivity index (χ3n) is 1.23. The van der Waals surface area contributed by atoms with Gasteiger partial charge < -0.3 is 28.5 Å². The minimum atomic E-state index is -0.262. The van der Waals surface area contributed by atoms with Gasteiger partial charge in [0.1, 0.15) is 18.2 Å². The van der Waals surface area contributed by atoms with Gasteiger partial charge in [-0.25, -0.2) is 0 Å². The van der Waals surface area contributed by atoms with E-state index < -0.39 is 0 Å². The minimum Gasteiger partial charge on any atom is -0.466 e. The van der Waals surface area contributed by atoms with Gasteiger partial charge in [-0.05, 0) is 41.5 Å². The smallest absolute Gasteiger partial charge is 0.302 e. The lowest BCUT2D eigenvalue weighted by molar-refractivity contribution is -0.142. The molecule has 0 aromatic rings. The predicted octanol–water partition coefficient (Wildman–Crippen LogP) is 3.63. The summed E-state index contributed by atoms with van der Waals surface area (Å²) in [6.45, 7) is 18.7. The third-order valence-corrected chi connectivity index (χ3v) is 1.23. The Hall–Kier alpha value is -1.80. The van der Waals surface area contributed by atoms with E-state index in [1.165, 1.54) is 41.5 Å². The molecule has 0 spiro atoms. The molecule has 0 aliphatic rings. The van der Waals surface area contributed by atoms with Gasteiger partial charge in [0.15, 0.2) is 0 Å². The number of rotatable bonds is 5. The fourth-order valence-corrected chi connectivity index (χ4v) is 0.472. The number of Topliss-reactive ketones (excluding diaryl/α,β-unsaturated/α-hetero) is 2. The molecule has 0 bridgehead atoms. The normalized spacial score (nSPS) is 7.29. The van der Waals surface area contributed by atoms with E-state index in [1.54, 1.807) is 21.1 Å². The van der Waals surface area contributed by atoms with E-state index in [1.807, 2.05) is 20.8 Å². The number of hydrogen-bond donors (Lipinski definition) is 0. The van der Waals surface area contributed by atoms with Gasteiger partial charge in [-0.3, -0.25) is 9.59 Å². The molecule has 0 aromatic carbocycles. The number of esters is 2. The highest BCUT2D eigenvalue weighted by atomic mass is 16.6. The van der Waals surface area contributed by atoms with E-state index in [-0.39, 0.29) is 23.5 Å². The van der Waals surface area contributed by atoms with Crippen molar-refractivity contribution < 1.29 is 38.1 Å². The zero-order valence-corrected chi connectivity index (χ0v) is 20.1. The van der Waals surface area contributed by atoms with Crippen LogP contribution in [0.1, 0.15) is 69.2 Å². The summed E-state index contributed by atoms with van der Waals surface area (Å²) in [5, 5.41) is 0. The molecule has 0 radical (unpaired) electrons. The molecule has 0 unspecified atom stereocenters. The summed E-state index contributed by atoms with van der Waals surface area (Å²) in [6, 6.07) is 0. The Bertz CT molecular complexity index is 306. The molecule has 172 valence electrons.